The van der Waals surface area contributed by atoms with E-state index >= 15 is 0 Å². The van der Waals surface area contributed by atoms with Crippen LogP contribution in [0.15, 0.2) is 103 Å². The summed E-state index contributed by atoms with van der Waals surface area (Å²) >= 11 is 0. The van der Waals surface area contributed by atoms with Crippen molar-refractivity contribution in [3.8, 4) is 0 Å². The summed E-state index contributed by atoms with van der Waals surface area (Å²) in [5, 5.41) is 6.33. The molecule has 4 aromatic rings. The highest BCUT2D eigenvalue weighted by Gasteiger charge is 2.39. The van der Waals surface area contributed by atoms with Crippen molar-refractivity contribution in [3.05, 3.63) is 125 Å². The summed E-state index contributed by atoms with van der Waals surface area (Å²) in [6.45, 7) is 0.587. The van der Waals surface area contributed by atoms with E-state index in [2.05, 4.69) is 78.1 Å². The molecular weight excluding hydrogens is 416 g/mol. The highest BCUT2D eigenvalue weighted by atomic mass is 16.2. The highest BCUT2D eigenvalue weighted by Crippen LogP contribution is 2.51. The topological polar surface area (TPSA) is 32.3 Å². The molecule has 6 rings (SSSR count). The van der Waals surface area contributed by atoms with Gasteiger partial charge < -0.3 is 10.2 Å². The molecule has 4 aromatic carbocycles. The number of benzene rings is 4. The van der Waals surface area contributed by atoms with Crippen LogP contribution in [0.25, 0.3) is 10.8 Å². The number of nitrogens with one attached hydrogen (secondary N) is 1. The fourth-order valence-electron chi connectivity index (χ4n) is 5.67. The number of amides is 1. The van der Waals surface area contributed by atoms with E-state index in [4.69, 9.17) is 0 Å². The van der Waals surface area contributed by atoms with Gasteiger partial charge >= 0.3 is 0 Å². The Hall–Kier alpha value is -3.85. The summed E-state index contributed by atoms with van der Waals surface area (Å²) in [6.07, 6.45) is 5.68. The molecule has 0 aromatic heterocycles. The SMILES string of the molecule is CN(Cc1ccccc1)C(=O)c1cccc2c1NC(c1ccc3ccccc3c1)C1CC=CC21. The molecule has 0 radical (unpaired) electrons. The van der Waals surface area contributed by atoms with Crippen molar-refractivity contribution in [2.75, 3.05) is 12.4 Å². The molecule has 3 unspecified atom stereocenters. The first-order chi connectivity index (χ1) is 16.7. The molecule has 2 aliphatic rings. The van der Waals surface area contributed by atoms with Gasteiger partial charge in [0.15, 0.2) is 0 Å². The quantitative estimate of drug-likeness (QED) is 0.346. The molecule has 1 aliphatic carbocycles. The zero-order chi connectivity index (χ0) is 23.1. The van der Waals surface area contributed by atoms with Crippen molar-refractivity contribution >= 4 is 22.4 Å². The lowest BCUT2D eigenvalue weighted by Crippen LogP contribution is -2.32. The Kier molecular flexibility index (Phi) is 5.18. The standard InChI is InChI=1S/C31H28N2O/c1-33(20-21-9-3-2-4-10-21)31(34)28-16-8-15-27-25-13-7-14-26(25)29(32-30(27)28)24-18-17-22-11-5-6-12-23(22)19-24/h2-13,15-19,25-26,29,32H,14,20H2,1H3. The van der Waals surface area contributed by atoms with Gasteiger partial charge in [-0.1, -0.05) is 91.0 Å². The van der Waals surface area contributed by atoms with E-state index in [9.17, 15) is 4.79 Å². The Bertz CT molecular complexity index is 1390. The lowest BCUT2D eigenvalue weighted by atomic mass is 9.76. The van der Waals surface area contributed by atoms with Crippen molar-refractivity contribution in [2.24, 2.45) is 5.92 Å². The van der Waals surface area contributed by atoms with Crippen LogP contribution in [-0.2, 0) is 6.54 Å². The third-order valence-electron chi connectivity index (χ3n) is 7.37. The van der Waals surface area contributed by atoms with Crippen LogP contribution in [-0.4, -0.2) is 17.9 Å². The van der Waals surface area contributed by atoms with Crippen LogP contribution in [0.1, 0.15) is 45.4 Å². The van der Waals surface area contributed by atoms with Crippen LogP contribution < -0.4 is 5.32 Å². The lowest BCUT2D eigenvalue weighted by Gasteiger charge is -2.38. The predicted octanol–water partition coefficient (Wildman–Crippen LogP) is 6.94. The Labute approximate surface area is 200 Å². The van der Waals surface area contributed by atoms with Crippen molar-refractivity contribution in [3.63, 3.8) is 0 Å². The Morgan fingerprint density at radius 1 is 0.912 bits per heavy atom. The van der Waals surface area contributed by atoms with Crippen molar-refractivity contribution in [2.45, 2.75) is 24.9 Å². The van der Waals surface area contributed by atoms with E-state index in [0.717, 1.165) is 23.2 Å². The first kappa shape index (κ1) is 20.7. The van der Waals surface area contributed by atoms with Crippen LogP contribution in [0.2, 0.25) is 0 Å². The van der Waals surface area contributed by atoms with Crippen molar-refractivity contribution < 1.29 is 4.79 Å². The maximum Gasteiger partial charge on any atom is 0.256 e. The number of hydrogen-bond donors (Lipinski definition) is 1. The molecule has 1 aliphatic heterocycles. The molecule has 1 heterocycles. The number of allylic oxidation sites excluding steroid dienone is 2. The second-order valence-corrected chi connectivity index (χ2v) is 9.50. The zero-order valence-corrected chi connectivity index (χ0v) is 19.3. The molecule has 0 fully saturated rings. The largest absolute Gasteiger partial charge is 0.377 e. The molecule has 0 bridgehead atoms. The molecule has 1 N–H and O–H groups in total. The number of carbonyl (C=O) groups is 1. The van der Waals surface area contributed by atoms with E-state index in [-0.39, 0.29) is 11.9 Å². The van der Waals surface area contributed by atoms with Gasteiger partial charge in [-0.25, -0.2) is 0 Å². The molecule has 3 atom stereocenters. The monoisotopic (exact) mass is 444 g/mol. The second-order valence-electron chi connectivity index (χ2n) is 9.50. The van der Waals surface area contributed by atoms with Crippen LogP contribution in [0.5, 0.6) is 0 Å². The first-order valence-electron chi connectivity index (χ1n) is 12.0. The number of fused-ring (bicyclic) bond motifs is 4. The molecular formula is C31H28N2O. The predicted molar refractivity (Wildman–Crippen MR) is 139 cm³/mol. The van der Waals surface area contributed by atoms with E-state index in [1.165, 1.54) is 21.9 Å². The maximum absolute atomic E-state index is 13.6. The average Bonchev–Trinajstić information content (AvgIpc) is 3.38. The summed E-state index contributed by atoms with van der Waals surface area (Å²) in [6, 6.07) is 31.7. The van der Waals surface area contributed by atoms with Crippen molar-refractivity contribution in [1.29, 1.82) is 0 Å². The van der Waals surface area contributed by atoms with Gasteiger partial charge in [-0.15, -0.1) is 0 Å². The highest BCUT2D eigenvalue weighted by molar-refractivity contribution is 6.00. The Morgan fingerprint density at radius 3 is 2.56 bits per heavy atom. The van der Waals surface area contributed by atoms with Gasteiger partial charge in [0.25, 0.3) is 5.91 Å². The number of hydrogen-bond acceptors (Lipinski definition) is 2. The average molecular weight is 445 g/mol. The van der Waals surface area contributed by atoms with Gasteiger partial charge in [0.05, 0.1) is 17.3 Å². The minimum atomic E-state index is 0.0471. The van der Waals surface area contributed by atoms with E-state index in [1.54, 1.807) is 0 Å². The van der Waals surface area contributed by atoms with Gasteiger partial charge in [-0.05, 0) is 51.9 Å². The van der Waals surface area contributed by atoms with Gasteiger partial charge in [0.2, 0.25) is 0 Å². The Morgan fingerprint density at radius 2 is 1.71 bits per heavy atom. The van der Waals surface area contributed by atoms with Crippen LogP contribution in [0, 0.1) is 5.92 Å². The van der Waals surface area contributed by atoms with E-state index < -0.39 is 0 Å². The molecule has 0 saturated carbocycles. The van der Waals surface area contributed by atoms with Gasteiger partial charge in [-0.3, -0.25) is 4.79 Å². The molecule has 0 spiro atoms. The second kappa shape index (κ2) is 8.49. The number of nitrogens with zero attached hydrogens (tertiary/aromatic N) is 1. The lowest BCUT2D eigenvalue weighted by molar-refractivity contribution is 0.0785. The minimum Gasteiger partial charge on any atom is -0.377 e. The van der Waals surface area contributed by atoms with Crippen LogP contribution in [0.4, 0.5) is 5.69 Å². The number of para-hydroxylation sites is 1. The number of anilines is 1. The summed E-state index contributed by atoms with van der Waals surface area (Å²) in [5.74, 6) is 0.812. The minimum absolute atomic E-state index is 0.0471. The molecule has 34 heavy (non-hydrogen) atoms. The molecule has 0 saturated heterocycles. The Balaban J connectivity index is 1.37. The fraction of sp³-hybridized carbons (Fsp3) is 0.194. The van der Waals surface area contributed by atoms with Gasteiger partial charge in [0.1, 0.15) is 0 Å². The summed E-state index contributed by atoms with van der Waals surface area (Å²) in [5.41, 5.74) is 5.38. The molecule has 3 nitrogen and oxygen atoms in total. The normalized spacial score (nSPS) is 20.4. The van der Waals surface area contributed by atoms with Crippen LogP contribution in [0.3, 0.4) is 0 Å². The third-order valence-corrected chi connectivity index (χ3v) is 7.37. The first-order valence-corrected chi connectivity index (χ1v) is 12.0. The van der Waals surface area contributed by atoms with E-state index in [0.29, 0.717) is 18.4 Å². The van der Waals surface area contributed by atoms with E-state index in [1.807, 2.05) is 42.3 Å². The summed E-state index contributed by atoms with van der Waals surface area (Å²) < 4.78 is 0. The zero-order valence-electron chi connectivity index (χ0n) is 19.3. The summed E-state index contributed by atoms with van der Waals surface area (Å²) in [7, 11) is 1.89. The van der Waals surface area contributed by atoms with Crippen LogP contribution >= 0.6 is 0 Å². The third kappa shape index (κ3) is 3.58. The fourth-order valence-corrected chi connectivity index (χ4v) is 5.67. The van der Waals surface area contributed by atoms with Gasteiger partial charge in [0, 0.05) is 19.5 Å². The van der Waals surface area contributed by atoms with Crippen molar-refractivity contribution in [1.82, 2.24) is 4.90 Å². The smallest absolute Gasteiger partial charge is 0.256 e. The number of carbonyl (C=O) groups excluding carboxylic acids is 1. The van der Waals surface area contributed by atoms with Gasteiger partial charge in [-0.2, -0.15) is 0 Å². The molecule has 168 valence electrons. The number of rotatable bonds is 4. The molecule has 3 heteroatoms. The maximum atomic E-state index is 13.6. The molecule has 1 amide bonds. The summed E-state index contributed by atoms with van der Waals surface area (Å²) in [4.78, 5) is 15.4.